The maximum atomic E-state index is 13.6. The van der Waals surface area contributed by atoms with Crippen LogP contribution < -0.4 is 0 Å². The van der Waals surface area contributed by atoms with Crippen molar-refractivity contribution in [3.63, 3.8) is 0 Å². The van der Waals surface area contributed by atoms with E-state index in [0.29, 0.717) is 0 Å². The van der Waals surface area contributed by atoms with Crippen molar-refractivity contribution in [2.24, 2.45) is 0 Å². The number of nitrogens with zero attached hydrogens (tertiary/aromatic N) is 1. The molecule has 0 saturated heterocycles. The van der Waals surface area contributed by atoms with E-state index in [9.17, 15) is 19.1 Å². The van der Waals surface area contributed by atoms with E-state index < -0.39 is 29.5 Å². The number of rotatable bonds is 4. The fourth-order valence-corrected chi connectivity index (χ4v) is 1.72. The summed E-state index contributed by atoms with van der Waals surface area (Å²) in [5.41, 5.74) is -0.493. The Morgan fingerprint density at radius 3 is 2.38 bits per heavy atom. The summed E-state index contributed by atoms with van der Waals surface area (Å²) in [4.78, 5) is 24.3. The smallest absolute Gasteiger partial charge is 0.410 e. The molecule has 0 aromatic heterocycles. The zero-order valence-corrected chi connectivity index (χ0v) is 12.6. The highest BCUT2D eigenvalue weighted by Crippen LogP contribution is 2.15. The number of hydrogen-bond donors (Lipinski definition) is 1. The van der Waals surface area contributed by atoms with Gasteiger partial charge < -0.3 is 9.84 Å². The van der Waals surface area contributed by atoms with Crippen molar-refractivity contribution in [2.45, 2.75) is 38.8 Å². The molecule has 6 heteroatoms. The molecule has 1 amide bonds. The van der Waals surface area contributed by atoms with E-state index in [-0.39, 0.29) is 12.0 Å². The quantitative estimate of drug-likeness (QED) is 0.928. The number of carboxylic acids is 1. The van der Waals surface area contributed by atoms with Crippen LogP contribution in [0.5, 0.6) is 0 Å². The van der Waals surface area contributed by atoms with Crippen molar-refractivity contribution in [3.8, 4) is 0 Å². The zero-order valence-electron chi connectivity index (χ0n) is 12.6. The largest absolute Gasteiger partial charge is 0.480 e. The first-order valence-corrected chi connectivity index (χ1v) is 6.54. The maximum Gasteiger partial charge on any atom is 0.410 e. The van der Waals surface area contributed by atoms with Crippen LogP contribution in [0.1, 0.15) is 26.3 Å². The van der Waals surface area contributed by atoms with E-state index in [4.69, 9.17) is 4.74 Å². The standard InChI is InChI=1S/C15H20FNO4/c1-15(2,3)21-14(20)17(4)12(13(18)19)9-10-7-5-6-8-11(10)16/h5-8,12H,9H2,1-4H3,(H,18,19)/t12-/m1/s1. The minimum Gasteiger partial charge on any atom is -0.480 e. The summed E-state index contributed by atoms with van der Waals surface area (Å²) in [5, 5.41) is 9.27. The van der Waals surface area contributed by atoms with Crippen LogP contribution in [0.25, 0.3) is 0 Å². The maximum absolute atomic E-state index is 13.6. The van der Waals surface area contributed by atoms with Crippen molar-refractivity contribution < 1.29 is 23.8 Å². The monoisotopic (exact) mass is 297 g/mol. The summed E-state index contributed by atoms with van der Waals surface area (Å²) < 4.78 is 18.7. The predicted octanol–water partition coefficient (Wildman–Crippen LogP) is 2.69. The lowest BCUT2D eigenvalue weighted by atomic mass is 10.0. The molecule has 0 saturated carbocycles. The molecule has 1 N–H and O–H groups in total. The van der Waals surface area contributed by atoms with Crippen LogP contribution in [0.2, 0.25) is 0 Å². The van der Waals surface area contributed by atoms with Crippen LogP contribution in [-0.2, 0) is 16.0 Å². The van der Waals surface area contributed by atoms with Gasteiger partial charge >= 0.3 is 12.1 Å². The first kappa shape index (κ1) is 16.9. The van der Waals surface area contributed by atoms with Gasteiger partial charge in [-0.1, -0.05) is 18.2 Å². The van der Waals surface area contributed by atoms with Gasteiger partial charge in [0.15, 0.2) is 0 Å². The molecule has 0 aliphatic rings. The van der Waals surface area contributed by atoms with Crippen LogP contribution in [0.15, 0.2) is 24.3 Å². The molecule has 0 aliphatic carbocycles. The summed E-state index contributed by atoms with van der Waals surface area (Å²) in [7, 11) is 1.33. The lowest BCUT2D eigenvalue weighted by Gasteiger charge is -2.28. The van der Waals surface area contributed by atoms with Crippen molar-refractivity contribution in [1.29, 1.82) is 0 Å². The number of benzene rings is 1. The average molecular weight is 297 g/mol. The van der Waals surface area contributed by atoms with Gasteiger partial charge in [-0.05, 0) is 32.4 Å². The zero-order chi connectivity index (χ0) is 16.2. The molecule has 0 unspecified atom stereocenters. The summed E-state index contributed by atoms with van der Waals surface area (Å²) in [6, 6.07) is 4.68. The Hall–Kier alpha value is -2.11. The molecule has 0 spiro atoms. The van der Waals surface area contributed by atoms with Crippen LogP contribution in [0.3, 0.4) is 0 Å². The number of amides is 1. The minimum absolute atomic E-state index is 0.127. The number of hydrogen-bond acceptors (Lipinski definition) is 3. The fourth-order valence-electron chi connectivity index (χ4n) is 1.72. The Morgan fingerprint density at radius 1 is 1.33 bits per heavy atom. The third-order valence-corrected chi connectivity index (χ3v) is 2.81. The molecule has 21 heavy (non-hydrogen) atoms. The Bertz CT molecular complexity index is 525. The molecule has 5 nitrogen and oxygen atoms in total. The lowest BCUT2D eigenvalue weighted by Crippen LogP contribution is -2.46. The van der Waals surface area contributed by atoms with E-state index in [1.807, 2.05) is 0 Å². The Kier molecular flexibility index (Phi) is 5.29. The number of carbonyl (C=O) groups excluding carboxylic acids is 1. The molecule has 0 fully saturated rings. The van der Waals surface area contributed by atoms with Crippen LogP contribution in [-0.4, -0.2) is 40.8 Å². The normalized spacial score (nSPS) is 12.6. The van der Waals surface area contributed by atoms with E-state index in [1.165, 1.54) is 25.2 Å². The van der Waals surface area contributed by atoms with Gasteiger partial charge in [0.2, 0.25) is 0 Å². The first-order valence-electron chi connectivity index (χ1n) is 6.54. The van der Waals surface area contributed by atoms with Crippen molar-refractivity contribution >= 4 is 12.1 Å². The number of carboxylic acid groups (broad SMARTS) is 1. The van der Waals surface area contributed by atoms with Gasteiger partial charge in [0, 0.05) is 13.5 Å². The van der Waals surface area contributed by atoms with Crippen molar-refractivity contribution in [3.05, 3.63) is 35.6 Å². The number of carbonyl (C=O) groups is 2. The third-order valence-electron chi connectivity index (χ3n) is 2.81. The van der Waals surface area contributed by atoms with E-state index >= 15 is 0 Å². The second kappa shape index (κ2) is 6.56. The molecular formula is C15H20FNO4. The third kappa shape index (κ3) is 5.06. The van der Waals surface area contributed by atoms with Crippen LogP contribution in [0.4, 0.5) is 9.18 Å². The van der Waals surface area contributed by atoms with Crippen molar-refractivity contribution in [1.82, 2.24) is 4.90 Å². The number of likely N-dealkylation sites (N-methyl/N-ethyl adjacent to an activating group) is 1. The van der Waals surface area contributed by atoms with E-state index in [1.54, 1.807) is 26.8 Å². The van der Waals surface area contributed by atoms with Crippen LogP contribution >= 0.6 is 0 Å². The van der Waals surface area contributed by atoms with Gasteiger partial charge in [0.25, 0.3) is 0 Å². The minimum atomic E-state index is -1.22. The topological polar surface area (TPSA) is 66.8 Å². The Balaban J connectivity index is 2.90. The molecule has 1 rings (SSSR count). The molecule has 0 heterocycles. The van der Waals surface area contributed by atoms with Gasteiger partial charge in [0.05, 0.1) is 0 Å². The molecule has 116 valence electrons. The molecular weight excluding hydrogens is 277 g/mol. The Morgan fingerprint density at radius 2 is 1.90 bits per heavy atom. The van der Waals surface area contributed by atoms with E-state index in [0.717, 1.165) is 4.90 Å². The number of halogens is 1. The summed E-state index contributed by atoms with van der Waals surface area (Å²) >= 11 is 0. The Labute approximate surface area is 123 Å². The molecule has 0 radical (unpaired) electrons. The second-order valence-corrected chi connectivity index (χ2v) is 5.74. The predicted molar refractivity (Wildman–Crippen MR) is 75.5 cm³/mol. The average Bonchev–Trinajstić information content (AvgIpc) is 2.34. The highest BCUT2D eigenvalue weighted by atomic mass is 19.1. The number of ether oxygens (including phenoxy) is 1. The highest BCUT2D eigenvalue weighted by Gasteiger charge is 2.30. The molecule has 1 atom stereocenters. The molecule has 1 aromatic carbocycles. The summed E-state index contributed by atoms with van der Waals surface area (Å²) in [6.07, 6.45) is -0.885. The second-order valence-electron chi connectivity index (χ2n) is 5.74. The molecule has 0 aliphatic heterocycles. The highest BCUT2D eigenvalue weighted by molar-refractivity contribution is 5.80. The lowest BCUT2D eigenvalue weighted by molar-refractivity contribution is -0.142. The van der Waals surface area contributed by atoms with E-state index in [2.05, 4.69) is 0 Å². The van der Waals surface area contributed by atoms with Gasteiger partial charge in [0.1, 0.15) is 17.5 Å². The molecule has 0 bridgehead atoms. The molecule has 1 aromatic rings. The van der Waals surface area contributed by atoms with Crippen LogP contribution in [0, 0.1) is 5.82 Å². The van der Waals surface area contributed by atoms with Gasteiger partial charge in [-0.25, -0.2) is 14.0 Å². The van der Waals surface area contributed by atoms with Gasteiger partial charge in [-0.3, -0.25) is 4.90 Å². The number of aliphatic carboxylic acids is 1. The SMILES string of the molecule is CN(C(=O)OC(C)(C)C)[C@H](Cc1ccccc1F)C(=O)O. The van der Waals surface area contributed by atoms with Gasteiger partial charge in [-0.15, -0.1) is 0 Å². The first-order chi connectivity index (χ1) is 9.61. The fraction of sp³-hybridized carbons (Fsp3) is 0.467. The van der Waals surface area contributed by atoms with Crippen molar-refractivity contribution in [2.75, 3.05) is 7.05 Å². The van der Waals surface area contributed by atoms with Gasteiger partial charge in [-0.2, -0.15) is 0 Å². The summed E-state index contributed by atoms with van der Waals surface area (Å²) in [6.45, 7) is 5.06. The summed E-state index contributed by atoms with van der Waals surface area (Å²) in [5.74, 6) is -1.71.